The van der Waals surface area contributed by atoms with Crippen molar-refractivity contribution in [3.63, 3.8) is 0 Å². The fraction of sp³-hybridized carbons (Fsp3) is 0.533. The Balaban J connectivity index is 3.05. The van der Waals surface area contributed by atoms with E-state index >= 15 is 0 Å². The minimum absolute atomic E-state index is 0.100. The molecule has 0 radical (unpaired) electrons. The van der Waals surface area contributed by atoms with E-state index in [1.165, 1.54) is 0 Å². The molecule has 0 aliphatic rings. The monoisotopic (exact) mass is 234 g/mol. The summed E-state index contributed by atoms with van der Waals surface area (Å²) in [5.41, 5.74) is 3.00. The molecule has 0 saturated heterocycles. The van der Waals surface area contributed by atoms with Crippen LogP contribution in [0.5, 0.6) is 0 Å². The Labute approximate surface area is 104 Å². The van der Waals surface area contributed by atoms with Crippen LogP contribution < -0.4 is 0 Å². The first-order valence-corrected chi connectivity index (χ1v) is 6.21. The second-order valence-electron chi connectivity index (χ2n) is 4.73. The molecule has 94 valence electrons. The summed E-state index contributed by atoms with van der Waals surface area (Å²) in [5, 5.41) is 0. The van der Waals surface area contributed by atoms with E-state index in [4.69, 9.17) is 4.74 Å². The lowest BCUT2D eigenvalue weighted by atomic mass is 9.93. The zero-order valence-electron chi connectivity index (χ0n) is 11.4. The summed E-state index contributed by atoms with van der Waals surface area (Å²) >= 11 is 0. The Morgan fingerprint density at radius 1 is 1.29 bits per heavy atom. The lowest BCUT2D eigenvalue weighted by molar-refractivity contribution is 0.0279. The van der Waals surface area contributed by atoms with Crippen molar-refractivity contribution in [1.29, 1.82) is 0 Å². The highest BCUT2D eigenvalue weighted by molar-refractivity contribution is 6.01. The molecule has 1 aromatic carbocycles. The topological polar surface area (TPSA) is 26.3 Å². The average molecular weight is 234 g/mol. The highest BCUT2D eigenvalue weighted by Gasteiger charge is 2.25. The summed E-state index contributed by atoms with van der Waals surface area (Å²) in [5.74, 6) is 0.297. The van der Waals surface area contributed by atoms with Gasteiger partial charge in [-0.2, -0.15) is 0 Å². The predicted octanol–water partition coefficient (Wildman–Crippen LogP) is 3.55. The van der Waals surface area contributed by atoms with Gasteiger partial charge >= 0.3 is 0 Å². The molecule has 0 aliphatic heterocycles. The SMILES string of the molecule is CCOC(C(=O)c1cccc(C)c1C)C(C)C. The van der Waals surface area contributed by atoms with Crippen LogP contribution >= 0.6 is 0 Å². The van der Waals surface area contributed by atoms with E-state index in [2.05, 4.69) is 0 Å². The number of hydrogen-bond donors (Lipinski definition) is 0. The lowest BCUT2D eigenvalue weighted by Gasteiger charge is -2.20. The third kappa shape index (κ3) is 3.16. The van der Waals surface area contributed by atoms with Crippen molar-refractivity contribution in [1.82, 2.24) is 0 Å². The summed E-state index contributed by atoms with van der Waals surface area (Å²) in [6.45, 7) is 10.5. The van der Waals surface area contributed by atoms with Crippen molar-refractivity contribution >= 4 is 5.78 Å². The standard InChI is InChI=1S/C15H22O2/c1-6-17-15(10(2)3)14(16)13-9-7-8-11(4)12(13)5/h7-10,15H,6H2,1-5H3. The molecular formula is C15H22O2. The molecule has 2 nitrogen and oxygen atoms in total. The van der Waals surface area contributed by atoms with Crippen molar-refractivity contribution in [2.45, 2.75) is 40.7 Å². The second-order valence-corrected chi connectivity index (χ2v) is 4.73. The Morgan fingerprint density at radius 3 is 2.47 bits per heavy atom. The molecule has 0 N–H and O–H groups in total. The zero-order valence-corrected chi connectivity index (χ0v) is 11.4. The van der Waals surface area contributed by atoms with Gasteiger partial charge in [-0.1, -0.05) is 32.0 Å². The number of carbonyl (C=O) groups is 1. The van der Waals surface area contributed by atoms with E-state index in [0.717, 1.165) is 16.7 Å². The maximum Gasteiger partial charge on any atom is 0.192 e. The Hall–Kier alpha value is -1.15. The molecule has 0 aliphatic carbocycles. The highest BCUT2D eigenvalue weighted by atomic mass is 16.5. The zero-order chi connectivity index (χ0) is 13.0. The molecule has 1 aromatic rings. The Bertz CT molecular complexity index is 394. The number of aryl methyl sites for hydroxylation is 1. The van der Waals surface area contributed by atoms with Crippen LogP contribution in [0.3, 0.4) is 0 Å². The lowest BCUT2D eigenvalue weighted by Crippen LogP contribution is -2.30. The van der Waals surface area contributed by atoms with Gasteiger partial charge in [0, 0.05) is 12.2 Å². The molecular weight excluding hydrogens is 212 g/mol. The van der Waals surface area contributed by atoms with Crippen molar-refractivity contribution in [3.05, 3.63) is 34.9 Å². The number of hydrogen-bond acceptors (Lipinski definition) is 2. The fourth-order valence-electron chi connectivity index (χ4n) is 1.92. The largest absolute Gasteiger partial charge is 0.370 e. The molecule has 0 aromatic heterocycles. The molecule has 0 amide bonds. The molecule has 0 bridgehead atoms. The third-order valence-electron chi connectivity index (χ3n) is 3.08. The van der Waals surface area contributed by atoms with E-state index in [-0.39, 0.29) is 17.8 Å². The van der Waals surface area contributed by atoms with E-state index in [1.54, 1.807) is 0 Å². The molecule has 0 fully saturated rings. The second kappa shape index (κ2) is 5.97. The van der Waals surface area contributed by atoms with E-state index in [1.807, 2.05) is 52.8 Å². The smallest absolute Gasteiger partial charge is 0.192 e. The van der Waals surface area contributed by atoms with Gasteiger partial charge in [0.1, 0.15) is 6.10 Å². The van der Waals surface area contributed by atoms with Gasteiger partial charge in [0.25, 0.3) is 0 Å². The number of ketones is 1. The molecule has 1 rings (SSSR count). The molecule has 1 atom stereocenters. The molecule has 2 heteroatoms. The number of ether oxygens (including phenoxy) is 1. The molecule has 0 spiro atoms. The minimum atomic E-state index is -0.333. The summed E-state index contributed by atoms with van der Waals surface area (Å²) < 4.78 is 5.56. The molecule has 0 saturated carbocycles. The molecule has 0 heterocycles. The van der Waals surface area contributed by atoms with Crippen LogP contribution in [0.25, 0.3) is 0 Å². The van der Waals surface area contributed by atoms with E-state index in [9.17, 15) is 4.79 Å². The maximum absolute atomic E-state index is 12.4. The number of benzene rings is 1. The highest BCUT2D eigenvalue weighted by Crippen LogP contribution is 2.19. The van der Waals surface area contributed by atoms with Crippen LogP contribution in [-0.4, -0.2) is 18.5 Å². The molecule has 17 heavy (non-hydrogen) atoms. The molecule has 1 unspecified atom stereocenters. The summed E-state index contributed by atoms with van der Waals surface area (Å²) in [6, 6.07) is 5.84. The van der Waals surface area contributed by atoms with Crippen LogP contribution in [0.4, 0.5) is 0 Å². The first-order valence-electron chi connectivity index (χ1n) is 6.21. The van der Waals surface area contributed by atoms with Gasteiger partial charge in [0.05, 0.1) is 0 Å². The summed E-state index contributed by atoms with van der Waals surface area (Å²) in [7, 11) is 0. The van der Waals surface area contributed by atoms with Crippen LogP contribution in [0, 0.1) is 19.8 Å². The maximum atomic E-state index is 12.4. The fourth-order valence-corrected chi connectivity index (χ4v) is 1.92. The average Bonchev–Trinajstić information content (AvgIpc) is 2.28. The van der Waals surface area contributed by atoms with Crippen molar-refractivity contribution in [2.75, 3.05) is 6.61 Å². The van der Waals surface area contributed by atoms with Gasteiger partial charge in [-0.15, -0.1) is 0 Å². The van der Waals surface area contributed by atoms with Gasteiger partial charge in [0.2, 0.25) is 0 Å². The van der Waals surface area contributed by atoms with Crippen molar-refractivity contribution in [3.8, 4) is 0 Å². The number of rotatable bonds is 5. The van der Waals surface area contributed by atoms with Crippen LogP contribution in [0.1, 0.15) is 42.3 Å². The first kappa shape index (κ1) is 13.9. The third-order valence-corrected chi connectivity index (χ3v) is 3.08. The normalized spacial score (nSPS) is 12.8. The number of Topliss-reactive ketones (excluding diaryl/α,β-unsaturated/α-hetero) is 1. The Morgan fingerprint density at radius 2 is 1.94 bits per heavy atom. The minimum Gasteiger partial charge on any atom is -0.370 e. The van der Waals surface area contributed by atoms with Gasteiger partial charge in [-0.25, -0.2) is 0 Å². The Kier molecular flexibility index (Phi) is 4.88. The van der Waals surface area contributed by atoms with Gasteiger partial charge in [-0.05, 0) is 37.8 Å². The van der Waals surface area contributed by atoms with Crippen molar-refractivity contribution < 1.29 is 9.53 Å². The first-order chi connectivity index (χ1) is 7.99. The van der Waals surface area contributed by atoms with Gasteiger partial charge < -0.3 is 4.74 Å². The summed E-state index contributed by atoms with van der Waals surface area (Å²) in [6.07, 6.45) is -0.333. The van der Waals surface area contributed by atoms with Gasteiger partial charge in [-0.3, -0.25) is 4.79 Å². The van der Waals surface area contributed by atoms with Crippen molar-refractivity contribution in [2.24, 2.45) is 5.92 Å². The van der Waals surface area contributed by atoms with Crippen LogP contribution in [0.15, 0.2) is 18.2 Å². The van der Waals surface area contributed by atoms with Crippen LogP contribution in [0.2, 0.25) is 0 Å². The number of carbonyl (C=O) groups excluding carboxylic acids is 1. The van der Waals surface area contributed by atoms with E-state index < -0.39 is 0 Å². The predicted molar refractivity (Wildman–Crippen MR) is 70.5 cm³/mol. The summed E-state index contributed by atoms with van der Waals surface area (Å²) in [4.78, 5) is 12.4. The van der Waals surface area contributed by atoms with Crippen LogP contribution in [-0.2, 0) is 4.74 Å². The van der Waals surface area contributed by atoms with Gasteiger partial charge in [0.15, 0.2) is 5.78 Å². The quantitative estimate of drug-likeness (QED) is 0.728. The van der Waals surface area contributed by atoms with E-state index in [0.29, 0.717) is 6.61 Å².